The Labute approximate surface area is 123 Å². The van der Waals surface area contributed by atoms with Crippen molar-refractivity contribution in [3.8, 4) is 0 Å². The van der Waals surface area contributed by atoms with Crippen LogP contribution in [0, 0.1) is 6.92 Å². The molecule has 0 saturated carbocycles. The number of para-hydroxylation sites is 1. The minimum atomic E-state index is -0.440. The summed E-state index contributed by atoms with van der Waals surface area (Å²) in [5.41, 5.74) is 9.16. The highest BCUT2D eigenvalue weighted by molar-refractivity contribution is 6.00. The van der Waals surface area contributed by atoms with Crippen LogP contribution in [-0.4, -0.2) is 24.0 Å². The van der Waals surface area contributed by atoms with E-state index < -0.39 is 5.91 Å². The smallest absolute Gasteiger partial charge is 0.252 e. The first kappa shape index (κ1) is 13.6. The van der Waals surface area contributed by atoms with Crippen molar-refractivity contribution in [1.29, 1.82) is 0 Å². The number of nitrogens with one attached hydrogen (secondary N) is 1. The molecule has 1 aromatic carbocycles. The maximum atomic E-state index is 11.8. The molecule has 2 aromatic rings. The van der Waals surface area contributed by atoms with Crippen LogP contribution in [0.4, 0.5) is 11.5 Å². The molecule has 108 valence electrons. The number of primary amides is 1. The van der Waals surface area contributed by atoms with Gasteiger partial charge in [-0.3, -0.25) is 4.79 Å². The van der Waals surface area contributed by atoms with Crippen molar-refractivity contribution in [2.45, 2.75) is 13.5 Å². The van der Waals surface area contributed by atoms with E-state index in [4.69, 9.17) is 5.73 Å². The van der Waals surface area contributed by atoms with E-state index in [1.54, 1.807) is 6.20 Å². The molecule has 0 aliphatic carbocycles. The summed E-state index contributed by atoms with van der Waals surface area (Å²) in [5.74, 6) is 0.198. The summed E-state index contributed by atoms with van der Waals surface area (Å²) in [7, 11) is 0. The van der Waals surface area contributed by atoms with E-state index in [0.717, 1.165) is 30.9 Å². The van der Waals surface area contributed by atoms with Gasteiger partial charge in [0.15, 0.2) is 0 Å². The number of aryl methyl sites for hydroxylation is 1. The lowest BCUT2D eigenvalue weighted by molar-refractivity contribution is 0.1000. The number of carbonyl (C=O) groups is 1. The van der Waals surface area contributed by atoms with Gasteiger partial charge in [0.2, 0.25) is 0 Å². The summed E-state index contributed by atoms with van der Waals surface area (Å²) in [6, 6.07) is 9.96. The highest BCUT2D eigenvalue weighted by Gasteiger charge is 2.22. The number of carbonyl (C=O) groups excluding carboxylic acids is 1. The van der Waals surface area contributed by atoms with Crippen LogP contribution in [0.15, 0.2) is 36.5 Å². The topological polar surface area (TPSA) is 71.2 Å². The molecule has 1 aliphatic rings. The van der Waals surface area contributed by atoms with E-state index in [1.807, 2.05) is 25.1 Å². The lowest BCUT2D eigenvalue weighted by Crippen LogP contribution is -2.28. The van der Waals surface area contributed by atoms with Gasteiger partial charge in [0.05, 0.1) is 5.56 Å². The third-order valence-corrected chi connectivity index (χ3v) is 3.75. The minimum absolute atomic E-state index is 0.440. The van der Waals surface area contributed by atoms with Gasteiger partial charge in [-0.15, -0.1) is 0 Å². The van der Waals surface area contributed by atoms with E-state index >= 15 is 0 Å². The second-order valence-electron chi connectivity index (χ2n) is 5.15. The number of benzene rings is 1. The average Bonchev–Trinajstić information content (AvgIpc) is 2.68. The Kier molecular flexibility index (Phi) is 3.58. The number of nitrogens with zero attached hydrogens (tertiary/aromatic N) is 2. The number of amides is 1. The Bertz CT molecular complexity index is 684. The molecule has 0 fully saturated rings. The molecule has 0 unspecified atom stereocenters. The third kappa shape index (κ3) is 2.48. The molecule has 0 spiro atoms. The number of anilines is 2. The van der Waals surface area contributed by atoms with Gasteiger partial charge in [-0.25, -0.2) is 4.98 Å². The molecule has 0 saturated heterocycles. The maximum absolute atomic E-state index is 11.8. The van der Waals surface area contributed by atoms with Gasteiger partial charge in [-0.05, 0) is 30.2 Å². The largest absolute Gasteiger partial charge is 0.365 e. The molecule has 0 atom stereocenters. The molecule has 1 amide bonds. The summed E-state index contributed by atoms with van der Waals surface area (Å²) in [6.45, 7) is 4.26. The summed E-state index contributed by atoms with van der Waals surface area (Å²) < 4.78 is 0. The van der Waals surface area contributed by atoms with Crippen LogP contribution in [0.5, 0.6) is 0 Å². The molecule has 5 nitrogen and oxygen atoms in total. The Morgan fingerprint density at radius 1 is 1.33 bits per heavy atom. The van der Waals surface area contributed by atoms with E-state index in [0.29, 0.717) is 11.4 Å². The van der Waals surface area contributed by atoms with Gasteiger partial charge >= 0.3 is 0 Å². The predicted molar refractivity (Wildman–Crippen MR) is 82.6 cm³/mol. The van der Waals surface area contributed by atoms with E-state index in [9.17, 15) is 4.79 Å². The molecule has 1 aromatic heterocycles. The van der Waals surface area contributed by atoms with Crippen LogP contribution >= 0.6 is 0 Å². The number of aromatic nitrogens is 1. The first-order chi connectivity index (χ1) is 10.2. The van der Waals surface area contributed by atoms with Crippen LogP contribution in [0.2, 0.25) is 0 Å². The molecule has 0 radical (unpaired) electrons. The van der Waals surface area contributed by atoms with Crippen molar-refractivity contribution in [2.24, 2.45) is 5.73 Å². The van der Waals surface area contributed by atoms with E-state index in [2.05, 4.69) is 27.3 Å². The zero-order chi connectivity index (χ0) is 14.8. The number of pyridine rings is 1. The minimum Gasteiger partial charge on any atom is -0.365 e. The molecule has 2 heterocycles. The quantitative estimate of drug-likeness (QED) is 0.880. The van der Waals surface area contributed by atoms with Crippen molar-refractivity contribution in [2.75, 3.05) is 18.0 Å². The van der Waals surface area contributed by atoms with Crippen LogP contribution in [-0.2, 0) is 6.54 Å². The first-order valence-corrected chi connectivity index (χ1v) is 7.00. The van der Waals surface area contributed by atoms with Crippen molar-refractivity contribution in [1.82, 2.24) is 10.3 Å². The Hall–Kier alpha value is -2.40. The zero-order valence-electron chi connectivity index (χ0n) is 12.0. The highest BCUT2D eigenvalue weighted by Crippen LogP contribution is 2.31. The molecule has 3 rings (SSSR count). The third-order valence-electron chi connectivity index (χ3n) is 3.75. The molecular weight excluding hydrogens is 264 g/mol. The van der Waals surface area contributed by atoms with Crippen LogP contribution in [0.25, 0.3) is 0 Å². The van der Waals surface area contributed by atoms with Crippen LogP contribution in [0.1, 0.15) is 21.5 Å². The molecule has 5 heteroatoms. The predicted octanol–water partition coefficient (Wildman–Crippen LogP) is 1.73. The number of fused-ring (bicyclic) bond motifs is 1. The molecule has 1 aliphatic heterocycles. The van der Waals surface area contributed by atoms with Crippen LogP contribution in [0.3, 0.4) is 0 Å². The normalized spacial score (nSPS) is 14.4. The lowest BCUT2D eigenvalue weighted by Gasteiger charge is -2.25. The molecule has 3 N–H and O–H groups in total. The number of nitrogens with two attached hydrogens (primary N) is 1. The zero-order valence-corrected chi connectivity index (χ0v) is 12.0. The molecule has 0 bridgehead atoms. The fraction of sp³-hybridized carbons (Fsp3) is 0.250. The van der Waals surface area contributed by atoms with Gasteiger partial charge < -0.3 is 16.0 Å². The Balaban J connectivity index is 2.17. The van der Waals surface area contributed by atoms with Gasteiger partial charge in [0.1, 0.15) is 5.82 Å². The fourth-order valence-corrected chi connectivity index (χ4v) is 2.73. The second kappa shape index (κ2) is 5.54. The van der Waals surface area contributed by atoms with Crippen molar-refractivity contribution in [3.63, 3.8) is 0 Å². The van der Waals surface area contributed by atoms with Gasteiger partial charge in [0, 0.05) is 31.5 Å². The van der Waals surface area contributed by atoms with Crippen molar-refractivity contribution in [3.05, 3.63) is 53.2 Å². The van der Waals surface area contributed by atoms with Gasteiger partial charge in [-0.1, -0.05) is 18.2 Å². The summed E-state index contributed by atoms with van der Waals surface area (Å²) in [4.78, 5) is 18.3. The van der Waals surface area contributed by atoms with Crippen LogP contribution < -0.4 is 16.0 Å². The Morgan fingerprint density at radius 3 is 2.95 bits per heavy atom. The van der Waals surface area contributed by atoms with Gasteiger partial charge in [-0.2, -0.15) is 0 Å². The number of rotatable bonds is 2. The van der Waals surface area contributed by atoms with E-state index in [-0.39, 0.29) is 0 Å². The number of hydrogen-bond donors (Lipinski definition) is 2. The lowest BCUT2D eigenvalue weighted by atomic mass is 10.1. The summed E-state index contributed by atoms with van der Waals surface area (Å²) in [6.07, 6.45) is 1.72. The monoisotopic (exact) mass is 282 g/mol. The SMILES string of the molecule is Cc1ccnc(N2CCNCc3ccccc32)c1C(N)=O. The highest BCUT2D eigenvalue weighted by atomic mass is 16.1. The maximum Gasteiger partial charge on any atom is 0.252 e. The molecular formula is C16H18N4O. The first-order valence-electron chi connectivity index (χ1n) is 7.00. The molecule has 21 heavy (non-hydrogen) atoms. The van der Waals surface area contributed by atoms with Crippen molar-refractivity contribution < 1.29 is 4.79 Å². The number of hydrogen-bond acceptors (Lipinski definition) is 4. The average molecular weight is 282 g/mol. The van der Waals surface area contributed by atoms with E-state index in [1.165, 1.54) is 5.56 Å². The fourth-order valence-electron chi connectivity index (χ4n) is 2.73. The van der Waals surface area contributed by atoms with Crippen molar-refractivity contribution >= 4 is 17.4 Å². The summed E-state index contributed by atoms with van der Waals surface area (Å²) in [5, 5.41) is 3.38. The second-order valence-corrected chi connectivity index (χ2v) is 5.15. The summed E-state index contributed by atoms with van der Waals surface area (Å²) >= 11 is 0. The van der Waals surface area contributed by atoms with Gasteiger partial charge in [0.25, 0.3) is 5.91 Å². The standard InChI is InChI=1S/C16H18N4O/c1-11-6-7-19-16(14(11)15(17)21)20-9-8-18-10-12-4-2-3-5-13(12)20/h2-7,18H,8-10H2,1H3,(H2,17,21). The Morgan fingerprint density at radius 2 is 2.14 bits per heavy atom.